The molecule has 1 aromatic carbocycles. The van der Waals surface area contributed by atoms with E-state index in [0.717, 1.165) is 19.5 Å². The molecule has 0 spiro atoms. The molecule has 15 heavy (non-hydrogen) atoms. The Balaban J connectivity index is 2.49. The van der Waals surface area contributed by atoms with Crippen LogP contribution in [-0.4, -0.2) is 13.1 Å². The summed E-state index contributed by atoms with van der Waals surface area (Å²) in [6.45, 7) is 8.59. The lowest BCUT2D eigenvalue weighted by Gasteiger charge is -2.23. The highest BCUT2D eigenvalue weighted by atomic mass is 15.1. The van der Waals surface area contributed by atoms with Crippen molar-refractivity contribution in [3.63, 3.8) is 0 Å². The molecule has 0 atom stereocenters. The largest absolute Gasteiger partial charge is 0.371 e. The van der Waals surface area contributed by atoms with E-state index in [1.54, 1.807) is 0 Å². The van der Waals surface area contributed by atoms with E-state index in [4.69, 9.17) is 5.73 Å². The van der Waals surface area contributed by atoms with E-state index >= 15 is 0 Å². The molecule has 1 aliphatic rings. The van der Waals surface area contributed by atoms with Crippen LogP contribution < -0.4 is 10.6 Å². The van der Waals surface area contributed by atoms with Crippen LogP contribution in [0.5, 0.6) is 0 Å². The van der Waals surface area contributed by atoms with Gasteiger partial charge in [-0.3, -0.25) is 0 Å². The summed E-state index contributed by atoms with van der Waals surface area (Å²) >= 11 is 0. The maximum absolute atomic E-state index is 6.20. The van der Waals surface area contributed by atoms with E-state index in [1.165, 1.54) is 16.8 Å². The molecular weight excluding hydrogens is 184 g/mol. The first-order valence-electron chi connectivity index (χ1n) is 5.70. The van der Waals surface area contributed by atoms with Gasteiger partial charge in [0.15, 0.2) is 0 Å². The van der Waals surface area contributed by atoms with Crippen LogP contribution in [0.25, 0.3) is 0 Å². The smallest absolute Gasteiger partial charge is 0.0402 e. The number of benzene rings is 1. The zero-order valence-corrected chi connectivity index (χ0v) is 9.88. The van der Waals surface area contributed by atoms with Gasteiger partial charge in [-0.2, -0.15) is 0 Å². The van der Waals surface area contributed by atoms with E-state index in [1.807, 2.05) is 0 Å². The average Bonchev–Trinajstić information content (AvgIpc) is 2.58. The third-order valence-electron chi connectivity index (χ3n) is 3.20. The Hall–Kier alpha value is -1.02. The van der Waals surface area contributed by atoms with Crippen LogP contribution >= 0.6 is 0 Å². The molecule has 0 bridgehead atoms. The maximum Gasteiger partial charge on any atom is 0.0402 e. The minimum absolute atomic E-state index is 0.227. The van der Waals surface area contributed by atoms with Gasteiger partial charge in [0.25, 0.3) is 0 Å². The Morgan fingerprint density at radius 1 is 1.40 bits per heavy atom. The highest BCUT2D eigenvalue weighted by Crippen LogP contribution is 2.34. The molecule has 2 N–H and O–H groups in total. The Labute approximate surface area is 92.1 Å². The highest BCUT2D eigenvalue weighted by molar-refractivity contribution is 5.61. The fourth-order valence-electron chi connectivity index (χ4n) is 2.43. The standard InChI is InChI=1S/C13H20N2/c1-4-15-9-8-10-11(13(2,3)14)6-5-7-12(10)15/h5-7H,4,8-9,14H2,1-3H3. The first kappa shape index (κ1) is 10.5. The SMILES string of the molecule is CCN1CCc2c1cccc2C(C)(C)N. The first-order valence-corrected chi connectivity index (χ1v) is 5.70. The zero-order valence-electron chi connectivity index (χ0n) is 9.88. The van der Waals surface area contributed by atoms with Gasteiger partial charge in [0.05, 0.1) is 0 Å². The number of anilines is 1. The number of likely N-dealkylation sites (N-methyl/N-ethyl adjacent to an activating group) is 1. The normalized spacial score (nSPS) is 15.6. The topological polar surface area (TPSA) is 29.3 Å². The number of nitrogens with zero attached hydrogens (tertiary/aromatic N) is 1. The van der Waals surface area contributed by atoms with Crippen molar-refractivity contribution in [1.29, 1.82) is 0 Å². The molecule has 2 nitrogen and oxygen atoms in total. The Morgan fingerprint density at radius 2 is 2.13 bits per heavy atom. The molecule has 1 aliphatic heterocycles. The van der Waals surface area contributed by atoms with Crippen molar-refractivity contribution in [3.05, 3.63) is 29.3 Å². The second kappa shape index (κ2) is 3.53. The Morgan fingerprint density at radius 3 is 2.73 bits per heavy atom. The molecule has 0 amide bonds. The van der Waals surface area contributed by atoms with Crippen LogP contribution in [0.3, 0.4) is 0 Å². The van der Waals surface area contributed by atoms with Gasteiger partial charge in [0.1, 0.15) is 0 Å². The summed E-state index contributed by atoms with van der Waals surface area (Å²) < 4.78 is 0. The number of hydrogen-bond acceptors (Lipinski definition) is 2. The quantitative estimate of drug-likeness (QED) is 0.800. The minimum Gasteiger partial charge on any atom is -0.371 e. The number of fused-ring (bicyclic) bond motifs is 1. The fraction of sp³-hybridized carbons (Fsp3) is 0.538. The number of rotatable bonds is 2. The molecule has 1 heterocycles. The van der Waals surface area contributed by atoms with Crippen molar-refractivity contribution < 1.29 is 0 Å². The van der Waals surface area contributed by atoms with Crippen molar-refractivity contribution >= 4 is 5.69 Å². The molecule has 0 saturated carbocycles. The van der Waals surface area contributed by atoms with Gasteiger partial charge >= 0.3 is 0 Å². The number of hydrogen-bond donors (Lipinski definition) is 1. The second-order valence-electron chi connectivity index (χ2n) is 4.85. The molecule has 0 radical (unpaired) electrons. The summed E-state index contributed by atoms with van der Waals surface area (Å²) in [5.41, 5.74) is 10.1. The lowest BCUT2D eigenvalue weighted by molar-refractivity contribution is 0.550. The Kier molecular flexibility index (Phi) is 2.47. The summed E-state index contributed by atoms with van der Waals surface area (Å²) in [5, 5.41) is 0. The third-order valence-corrected chi connectivity index (χ3v) is 3.20. The van der Waals surface area contributed by atoms with Gasteiger partial charge in [-0.1, -0.05) is 12.1 Å². The summed E-state index contributed by atoms with van der Waals surface area (Å²) in [4.78, 5) is 2.42. The molecule has 2 heteroatoms. The van der Waals surface area contributed by atoms with Gasteiger partial charge in [-0.25, -0.2) is 0 Å². The molecule has 0 fully saturated rings. The summed E-state index contributed by atoms with van der Waals surface area (Å²) in [6, 6.07) is 6.50. The highest BCUT2D eigenvalue weighted by Gasteiger charge is 2.25. The zero-order chi connectivity index (χ0) is 11.1. The van der Waals surface area contributed by atoms with Gasteiger partial charge in [0, 0.05) is 24.3 Å². The molecule has 0 unspecified atom stereocenters. The van der Waals surface area contributed by atoms with Crippen LogP contribution in [0.4, 0.5) is 5.69 Å². The first-order chi connectivity index (χ1) is 7.04. The van der Waals surface area contributed by atoms with Crippen LogP contribution in [-0.2, 0) is 12.0 Å². The molecule has 1 aromatic rings. The summed E-state index contributed by atoms with van der Waals surface area (Å²) in [7, 11) is 0. The van der Waals surface area contributed by atoms with Gasteiger partial charge in [-0.15, -0.1) is 0 Å². The fourth-order valence-corrected chi connectivity index (χ4v) is 2.43. The predicted octanol–water partition coefficient (Wildman–Crippen LogP) is 2.26. The van der Waals surface area contributed by atoms with Crippen molar-refractivity contribution in [2.24, 2.45) is 5.73 Å². The monoisotopic (exact) mass is 204 g/mol. The molecule has 0 aromatic heterocycles. The van der Waals surface area contributed by atoms with Gasteiger partial charge in [0.2, 0.25) is 0 Å². The lowest BCUT2D eigenvalue weighted by Crippen LogP contribution is -2.29. The average molecular weight is 204 g/mol. The van der Waals surface area contributed by atoms with Crippen molar-refractivity contribution in [2.45, 2.75) is 32.7 Å². The van der Waals surface area contributed by atoms with Crippen molar-refractivity contribution in [2.75, 3.05) is 18.0 Å². The second-order valence-corrected chi connectivity index (χ2v) is 4.85. The molecule has 0 saturated heterocycles. The summed E-state index contributed by atoms with van der Waals surface area (Å²) in [6.07, 6.45) is 1.14. The van der Waals surface area contributed by atoms with Crippen LogP contribution in [0.1, 0.15) is 31.9 Å². The number of nitrogens with two attached hydrogens (primary N) is 1. The van der Waals surface area contributed by atoms with E-state index in [9.17, 15) is 0 Å². The van der Waals surface area contributed by atoms with E-state index in [2.05, 4.69) is 43.9 Å². The molecule has 2 rings (SSSR count). The molecular formula is C13H20N2. The predicted molar refractivity (Wildman–Crippen MR) is 65.2 cm³/mol. The lowest BCUT2D eigenvalue weighted by atomic mass is 9.90. The Bertz CT molecular complexity index is 363. The minimum atomic E-state index is -0.227. The van der Waals surface area contributed by atoms with E-state index < -0.39 is 0 Å². The molecule has 82 valence electrons. The summed E-state index contributed by atoms with van der Waals surface area (Å²) in [5.74, 6) is 0. The third kappa shape index (κ3) is 1.74. The van der Waals surface area contributed by atoms with Crippen LogP contribution in [0.15, 0.2) is 18.2 Å². The van der Waals surface area contributed by atoms with Crippen molar-refractivity contribution in [1.82, 2.24) is 0 Å². The van der Waals surface area contributed by atoms with Crippen LogP contribution in [0.2, 0.25) is 0 Å². The molecule has 0 aliphatic carbocycles. The van der Waals surface area contributed by atoms with E-state index in [-0.39, 0.29) is 5.54 Å². The van der Waals surface area contributed by atoms with E-state index in [0.29, 0.717) is 0 Å². The van der Waals surface area contributed by atoms with Crippen LogP contribution in [0, 0.1) is 0 Å². The van der Waals surface area contributed by atoms with Gasteiger partial charge in [-0.05, 0) is 44.4 Å². The maximum atomic E-state index is 6.20. The van der Waals surface area contributed by atoms with Gasteiger partial charge < -0.3 is 10.6 Å². The van der Waals surface area contributed by atoms with Crippen molar-refractivity contribution in [3.8, 4) is 0 Å².